The maximum absolute atomic E-state index is 11.5. The zero-order chi connectivity index (χ0) is 17.9. The molecule has 1 aromatic rings. The molecule has 0 saturated carbocycles. The largest absolute Gasteiger partial charge is 0.465 e. The van der Waals surface area contributed by atoms with Crippen LogP contribution in [0.1, 0.15) is 28.9 Å². The van der Waals surface area contributed by atoms with E-state index in [1.807, 2.05) is 0 Å². The molecule has 1 aliphatic rings. The van der Waals surface area contributed by atoms with Crippen molar-refractivity contribution in [3.63, 3.8) is 0 Å². The third-order valence-corrected chi connectivity index (χ3v) is 3.96. The van der Waals surface area contributed by atoms with E-state index in [-0.39, 0.29) is 0 Å². The molecule has 24 heavy (non-hydrogen) atoms. The predicted molar refractivity (Wildman–Crippen MR) is 82.1 cm³/mol. The molecule has 0 aliphatic carbocycles. The summed E-state index contributed by atoms with van der Waals surface area (Å²) in [5.74, 6) is -0.887. The first-order valence-corrected chi connectivity index (χ1v) is 7.46. The Morgan fingerprint density at radius 3 is 2.33 bits per heavy atom. The second-order valence-electron chi connectivity index (χ2n) is 5.60. The lowest BCUT2D eigenvalue weighted by Crippen LogP contribution is -2.60. The Balaban J connectivity index is 2.31. The second-order valence-corrected chi connectivity index (χ2v) is 5.60. The summed E-state index contributed by atoms with van der Waals surface area (Å²) in [6.45, 7) is 0.802. The van der Waals surface area contributed by atoms with Crippen LogP contribution >= 0.6 is 0 Å². The minimum Gasteiger partial charge on any atom is -0.465 e. The van der Waals surface area contributed by atoms with Gasteiger partial charge in [0.2, 0.25) is 5.91 Å². The van der Waals surface area contributed by atoms with E-state index in [4.69, 9.17) is 4.74 Å². The molecular weight excluding hydrogens is 318 g/mol. The lowest BCUT2D eigenvalue weighted by molar-refractivity contribution is -0.197. The maximum Gasteiger partial charge on any atom is 0.337 e. The molecule has 1 aliphatic heterocycles. The van der Waals surface area contributed by atoms with E-state index in [9.17, 15) is 24.9 Å². The summed E-state index contributed by atoms with van der Waals surface area (Å²) in [5, 5.41) is 32.1. The Hall–Kier alpha value is -2.00. The Morgan fingerprint density at radius 1 is 1.21 bits per heavy atom. The van der Waals surface area contributed by atoms with Gasteiger partial charge >= 0.3 is 5.97 Å². The molecule has 0 unspecified atom stereocenters. The van der Waals surface area contributed by atoms with Gasteiger partial charge in [0.15, 0.2) is 0 Å². The molecule has 1 aromatic carbocycles. The van der Waals surface area contributed by atoms with Gasteiger partial charge in [-0.1, -0.05) is 12.1 Å². The van der Waals surface area contributed by atoms with Crippen LogP contribution in [0.2, 0.25) is 0 Å². The number of rotatable bonds is 4. The monoisotopic (exact) mass is 339 g/mol. The number of methoxy groups -OCH3 is 1. The molecule has 0 aromatic heterocycles. The number of amides is 1. The predicted octanol–water partition coefficient (Wildman–Crippen LogP) is -0.868. The van der Waals surface area contributed by atoms with Crippen molar-refractivity contribution in [2.75, 3.05) is 13.7 Å². The molecule has 8 nitrogen and oxygen atoms in total. The highest BCUT2D eigenvalue weighted by Gasteiger charge is 2.45. The zero-order valence-corrected chi connectivity index (χ0v) is 13.4. The minimum atomic E-state index is -1.34. The van der Waals surface area contributed by atoms with E-state index < -0.39 is 48.9 Å². The SMILES string of the molecule is COC(=O)c1ccc([C@@H]2O[C@H](CO)[C@@H](O)[C@H](O)[C@@H]2NC(C)=O)cc1. The summed E-state index contributed by atoms with van der Waals surface area (Å²) in [4.78, 5) is 22.9. The van der Waals surface area contributed by atoms with Gasteiger partial charge < -0.3 is 30.1 Å². The summed E-state index contributed by atoms with van der Waals surface area (Å²) in [7, 11) is 1.27. The zero-order valence-electron chi connectivity index (χ0n) is 13.4. The number of hydrogen-bond donors (Lipinski definition) is 4. The van der Waals surface area contributed by atoms with Gasteiger partial charge in [0, 0.05) is 6.92 Å². The van der Waals surface area contributed by atoms with Gasteiger partial charge in [-0.2, -0.15) is 0 Å². The van der Waals surface area contributed by atoms with Gasteiger partial charge in [-0.15, -0.1) is 0 Å². The molecule has 0 bridgehead atoms. The number of carbonyl (C=O) groups excluding carboxylic acids is 2. The highest BCUT2D eigenvalue weighted by Crippen LogP contribution is 2.32. The summed E-state index contributed by atoms with van der Waals surface area (Å²) < 4.78 is 10.3. The van der Waals surface area contributed by atoms with Crippen molar-refractivity contribution in [1.29, 1.82) is 0 Å². The lowest BCUT2D eigenvalue weighted by Gasteiger charge is -2.42. The van der Waals surface area contributed by atoms with Crippen LogP contribution < -0.4 is 5.32 Å². The fourth-order valence-electron chi connectivity index (χ4n) is 2.72. The highest BCUT2D eigenvalue weighted by molar-refractivity contribution is 5.89. The molecule has 1 heterocycles. The fraction of sp³-hybridized carbons (Fsp3) is 0.500. The van der Waals surface area contributed by atoms with Crippen LogP contribution in [0, 0.1) is 0 Å². The van der Waals surface area contributed by atoms with E-state index >= 15 is 0 Å². The summed E-state index contributed by atoms with van der Waals surface area (Å²) in [5.41, 5.74) is 0.915. The molecule has 5 atom stereocenters. The number of aliphatic hydroxyl groups excluding tert-OH is 3. The molecule has 132 valence electrons. The third kappa shape index (κ3) is 3.73. The normalized spacial score (nSPS) is 29.8. The van der Waals surface area contributed by atoms with Gasteiger partial charge in [-0.25, -0.2) is 4.79 Å². The standard InChI is InChI=1S/C16H21NO7/c1-8(19)17-12-14(21)13(20)11(7-18)24-15(12)9-3-5-10(6-4-9)16(22)23-2/h3-6,11-15,18,20-21H,7H2,1-2H3,(H,17,19)/t11-,12+,13-,14-,15+/m1/s1. The number of nitrogens with one attached hydrogen (secondary N) is 1. The molecule has 2 rings (SSSR count). The van der Waals surface area contributed by atoms with Crippen molar-refractivity contribution in [1.82, 2.24) is 5.32 Å². The van der Waals surface area contributed by atoms with Crippen molar-refractivity contribution < 1.29 is 34.4 Å². The smallest absolute Gasteiger partial charge is 0.337 e. The Morgan fingerprint density at radius 2 is 1.83 bits per heavy atom. The first-order chi connectivity index (χ1) is 11.4. The van der Waals surface area contributed by atoms with Gasteiger partial charge in [0.25, 0.3) is 0 Å². The van der Waals surface area contributed by atoms with Gasteiger partial charge in [0.1, 0.15) is 24.4 Å². The second kappa shape index (κ2) is 7.71. The number of ether oxygens (including phenoxy) is 2. The van der Waals surface area contributed by atoms with E-state index in [1.165, 1.54) is 26.2 Å². The van der Waals surface area contributed by atoms with Crippen LogP contribution in [-0.2, 0) is 14.3 Å². The maximum atomic E-state index is 11.5. The van der Waals surface area contributed by atoms with Gasteiger partial charge in [0.05, 0.1) is 25.3 Å². The van der Waals surface area contributed by atoms with Crippen molar-refractivity contribution in [2.45, 2.75) is 37.4 Å². The highest BCUT2D eigenvalue weighted by atomic mass is 16.5. The summed E-state index contributed by atoms with van der Waals surface area (Å²) >= 11 is 0. The molecule has 4 N–H and O–H groups in total. The number of esters is 1. The van der Waals surface area contributed by atoms with E-state index in [0.29, 0.717) is 11.1 Å². The van der Waals surface area contributed by atoms with Gasteiger partial charge in [-0.3, -0.25) is 4.79 Å². The van der Waals surface area contributed by atoms with Crippen molar-refractivity contribution in [3.05, 3.63) is 35.4 Å². The van der Waals surface area contributed by atoms with Crippen molar-refractivity contribution in [2.24, 2.45) is 0 Å². The number of benzene rings is 1. The number of carbonyl (C=O) groups is 2. The van der Waals surface area contributed by atoms with Crippen LogP contribution in [0.4, 0.5) is 0 Å². The molecule has 0 radical (unpaired) electrons. The molecular formula is C16H21NO7. The first-order valence-electron chi connectivity index (χ1n) is 7.46. The van der Waals surface area contributed by atoms with Crippen molar-refractivity contribution >= 4 is 11.9 Å². The molecule has 1 saturated heterocycles. The fourth-order valence-corrected chi connectivity index (χ4v) is 2.72. The van der Waals surface area contributed by atoms with E-state index in [2.05, 4.69) is 10.1 Å². The van der Waals surface area contributed by atoms with Crippen LogP contribution in [0.15, 0.2) is 24.3 Å². The van der Waals surface area contributed by atoms with E-state index in [0.717, 1.165) is 0 Å². The number of aliphatic hydroxyl groups is 3. The Bertz CT molecular complexity index is 589. The molecule has 8 heteroatoms. The van der Waals surface area contributed by atoms with Crippen LogP contribution in [0.5, 0.6) is 0 Å². The van der Waals surface area contributed by atoms with Crippen molar-refractivity contribution in [3.8, 4) is 0 Å². The first kappa shape index (κ1) is 18.3. The topological polar surface area (TPSA) is 125 Å². The van der Waals surface area contributed by atoms with E-state index in [1.54, 1.807) is 12.1 Å². The molecule has 1 amide bonds. The Kier molecular flexibility index (Phi) is 5.89. The third-order valence-electron chi connectivity index (χ3n) is 3.96. The summed E-state index contributed by atoms with van der Waals surface area (Å²) in [6.07, 6.45) is -4.44. The summed E-state index contributed by atoms with van der Waals surface area (Å²) in [6, 6.07) is 5.36. The Labute approximate surface area is 139 Å². The quantitative estimate of drug-likeness (QED) is 0.526. The lowest BCUT2D eigenvalue weighted by atomic mass is 9.88. The van der Waals surface area contributed by atoms with Gasteiger partial charge in [-0.05, 0) is 17.7 Å². The average molecular weight is 339 g/mol. The molecule has 0 spiro atoms. The van der Waals surface area contributed by atoms with Crippen LogP contribution in [0.25, 0.3) is 0 Å². The van der Waals surface area contributed by atoms with Crippen LogP contribution in [0.3, 0.4) is 0 Å². The number of hydrogen-bond acceptors (Lipinski definition) is 7. The molecule has 1 fully saturated rings. The van der Waals surface area contributed by atoms with Crippen LogP contribution in [-0.4, -0.2) is 65.3 Å². The minimum absolute atomic E-state index is 0.340. The average Bonchev–Trinajstić information content (AvgIpc) is 2.58.